The zero-order chi connectivity index (χ0) is 14.7. The summed E-state index contributed by atoms with van der Waals surface area (Å²) in [5.41, 5.74) is 6.93. The van der Waals surface area contributed by atoms with Gasteiger partial charge in [-0.3, -0.25) is 4.79 Å². The zero-order valence-corrected chi connectivity index (χ0v) is 11.8. The first-order chi connectivity index (χ1) is 9.47. The van der Waals surface area contributed by atoms with Crippen LogP contribution in [0.4, 0.5) is 10.1 Å². The third-order valence-electron chi connectivity index (χ3n) is 2.61. The Labute approximate surface area is 125 Å². The van der Waals surface area contributed by atoms with Gasteiger partial charge in [0.2, 0.25) is 0 Å². The molecule has 0 bridgehead atoms. The van der Waals surface area contributed by atoms with Gasteiger partial charge >= 0.3 is 0 Å². The molecule has 0 heterocycles. The SMILES string of the molecule is NC(=S)c1ccc(NC(=O)c2ccc(Cl)c(F)c2)cc1. The molecule has 2 rings (SSSR count). The third kappa shape index (κ3) is 3.31. The van der Waals surface area contributed by atoms with Gasteiger partial charge in [-0.2, -0.15) is 0 Å². The molecule has 0 saturated carbocycles. The second-order valence-corrected chi connectivity index (χ2v) is 4.87. The molecule has 6 heteroatoms. The van der Waals surface area contributed by atoms with Crippen LogP contribution in [0.5, 0.6) is 0 Å². The molecule has 0 aliphatic rings. The molecular formula is C14H10ClFN2OS. The summed E-state index contributed by atoms with van der Waals surface area (Å²) in [5.74, 6) is -1.06. The maximum absolute atomic E-state index is 13.3. The highest BCUT2D eigenvalue weighted by molar-refractivity contribution is 7.80. The Hall–Kier alpha value is -1.98. The summed E-state index contributed by atoms with van der Waals surface area (Å²) in [5, 5.41) is 2.61. The van der Waals surface area contributed by atoms with E-state index in [0.29, 0.717) is 11.3 Å². The molecule has 0 aliphatic carbocycles. The van der Waals surface area contributed by atoms with Crippen molar-refractivity contribution in [3.05, 3.63) is 64.4 Å². The van der Waals surface area contributed by atoms with Crippen LogP contribution in [0.1, 0.15) is 15.9 Å². The standard InChI is InChI=1S/C14H10ClFN2OS/c15-11-6-3-9(7-12(11)16)14(19)18-10-4-1-8(2-5-10)13(17)20/h1-7H,(H2,17,20)(H,18,19). The van der Waals surface area contributed by atoms with Crippen LogP contribution >= 0.6 is 23.8 Å². The fraction of sp³-hybridized carbons (Fsp3) is 0. The van der Waals surface area contributed by atoms with Gasteiger partial charge in [-0.1, -0.05) is 23.8 Å². The quantitative estimate of drug-likeness (QED) is 0.855. The van der Waals surface area contributed by atoms with E-state index < -0.39 is 11.7 Å². The molecule has 0 atom stereocenters. The van der Waals surface area contributed by atoms with Crippen molar-refractivity contribution in [2.24, 2.45) is 5.73 Å². The van der Waals surface area contributed by atoms with E-state index in [9.17, 15) is 9.18 Å². The van der Waals surface area contributed by atoms with Crippen LogP contribution in [0.2, 0.25) is 5.02 Å². The van der Waals surface area contributed by atoms with Crippen molar-refractivity contribution >= 4 is 40.4 Å². The molecule has 0 aromatic heterocycles. The van der Waals surface area contributed by atoms with E-state index in [1.54, 1.807) is 24.3 Å². The maximum atomic E-state index is 13.3. The van der Waals surface area contributed by atoms with Crippen molar-refractivity contribution in [1.29, 1.82) is 0 Å². The van der Waals surface area contributed by atoms with E-state index in [1.165, 1.54) is 12.1 Å². The van der Waals surface area contributed by atoms with Gasteiger partial charge in [0.15, 0.2) is 0 Å². The van der Waals surface area contributed by atoms with Crippen molar-refractivity contribution in [1.82, 2.24) is 0 Å². The predicted octanol–water partition coefficient (Wildman–Crippen LogP) is 3.37. The second-order valence-electron chi connectivity index (χ2n) is 4.02. The van der Waals surface area contributed by atoms with Crippen molar-refractivity contribution in [3.8, 4) is 0 Å². The van der Waals surface area contributed by atoms with Crippen LogP contribution in [0.3, 0.4) is 0 Å². The molecule has 0 spiro atoms. The van der Waals surface area contributed by atoms with Gasteiger partial charge in [0, 0.05) is 16.8 Å². The lowest BCUT2D eigenvalue weighted by Gasteiger charge is -2.06. The molecule has 20 heavy (non-hydrogen) atoms. The maximum Gasteiger partial charge on any atom is 0.255 e. The monoisotopic (exact) mass is 308 g/mol. The number of rotatable bonds is 3. The fourth-order valence-electron chi connectivity index (χ4n) is 1.56. The highest BCUT2D eigenvalue weighted by Crippen LogP contribution is 2.17. The molecule has 2 aromatic carbocycles. The van der Waals surface area contributed by atoms with Gasteiger partial charge in [0.25, 0.3) is 5.91 Å². The molecule has 0 unspecified atom stereocenters. The number of carbonyl (C=O) groups is 1. The van der Waals surface area contributed by atoms with Crippen LogP contribution in [0.25, 0.3) is 0 Å². The van der Waals surface area contributed by atoms with Crippen LogP contribution in [-0.4, -0.2) is 10.9 Å². The molecule has 0 saturated heterocycles. The van der Waals surface area contributed by atoms with E-state index in [4.69, 9.17) is 29.6 Å². The molecule has 1 amide bonds. The smallest absolute Gasteiger partial charge is 0.255 e. The van der Waals surface area contributed by atoms with Gasteiger partial charge in [-0.15, -0.1) is 0 Å². The molecule has 102 valence electrons. The summed E-state index contributed by atoms with van der Waals surface area (Å²) in [6.45, 7) is 0. The predicted molar refractivity (Wildman–Crippen MR) is 81.7 cm³/mol. The molecule has 3 nitrogen and oxygen atoms in total. The van der Waals surface area contributed by atoms with Crippen LogP contribution < -0.4 is 11.1 Å². The largest absolute Gasteiger partial charge is 0.389 e. The molecular weight excluding hydrogens is 299 g/mol. The average molecular weight is 309 g/mol. The van der Waals surface area contributed by atoms with E-state index in [-0.39, 0.29) is 15.6 Å². The topological polar surface area (TPSA) is 55.1 Å². The fourth-order valence-corrected chi connectivity index (χ4v) is 1.81. The Morgan fingerprint density at radius 3 is 2.30 bits per heavy atom. The highest BCUT2D eigenvalue weighted by atomic mass is 35.5. The Morgan fingerprint density at radius 1 is 1.15 bits per heavy atom. The number of halogens is 2. The number of carbonyl (C=O) groups excluding carboxylic acids is 1. The van der Waals surface area contributed by atoms with E-state index in [0.717, 1.165) is 6.07 Å². The van der Waals surface area contributed by atoms with Gasteiger partial charge in [0.1, 0.15) is 10.8 Å². The normalized spacial score (nSPS) is 10.1. The average Bonchev–Trinajstić information content (AvgIpc) is 2.42. The van der Waals surface area contributed by atoms with Crippen molar-refractivity contribution in [2.75, 3.05) is 5.32 Å². The van der Waals surface area contributed by atoms with Crippen molar-refractivity contribution in [2.45, 2.75) is 0 Å². The first kappa shape index (κ1) is 14.4. The summed E-state index contributed by atoms with van der Waals surface area (Å²) in [6.07, 6.45) is 0. The number of nitrogens with one attached hydrogen (secondary N) is 1. The molecule has 0 radical (unpaired) electrons. The lowest BCUT2D eigenvalue weighted by atomic mass is 10.2. The van der Waals surface area contributed by atoms with Crippen LogP contribution in [-0.2, 0) is 0 Å². The van der Waals surface area contributed by atoms with E-state index in [2.05, 4.69) is 5.32 Å². The molecule has 2 aromatic rings. The molecule has 3 N–H and O–H groups in total. The Bertz CT molecular complexity index is 673. The summed E-state index contributed by atoms with van der Waals surface area (Å²) in [7, 11) is 0. The van der Waals surface area contributed by atoms with Crippen molar-refractivity contribution in [3.63, 3.8) is 0 Å². The number of benzene rings is 2. The first-order valence-corrected chi connectivity index (χ1v) is 6.42. The van der Waals surface area contributed by atoms with Crippen LogP contribution in [0.15, 0.2) is 42.5 Å². The van der Waals surface area contributed by atoms with E-state index in [1.807, 2.05) is 0 Å². The highest BCUT2D eigenvalue weighted by Gasteiger charge is 2.09. The lowest BCUT2D eigenvalue weighted by molar-refractivity contribution is 0.102. The van der Waals surface area contributed by atoms with Gasteiger partial charge in [-0.05, 0) is 42.5 Å². The van der Waals surface area contributed by atoms with Gasteiger partial charge in [0.05, 0.1) is 5.02 Å². The summed E-state index contributed by atoms with van der Waals surface area (Å²) in [6, 6.07) is 10.6. The lowest BCUT2D eigenvalue weighted by Crippen LogP contribution is -2.13. The molecule has 0 fully saturated rings. The number of nitrogens with two attached hydrogens (primary N) is 1. The second kappa shape index (κ2) is 5.98. The summed E-state index contributed by atoms with van der Waals surface area (Å²) < 4.78 is 13.3. The first-order valence-electron chi connectivity index (χ1n) is 5.63. The van der Waals surface area contributed by atoms with Crippen LogP contribution in [0, 0.1) is 5.82 Å². The number of anilines is 1. The number of hydrogen-bond acceptors (Lipinski definition) is 2. The summed E-state index contributed by atoms with van der Waals surface area (Å²) in [4.78, 5) is 12.2. The number of thiocarbonyl (C=S) groups is 1. The van der Waals surface area contributed by atoms with Gasteiger partial charge < -0.3 is 11.1 Å². The third-order valence-corrected chi connectivity index (χ3v) is 3.15. The number of hydrogen-bond donors (Lipinski definition) is 2. The minimum atomic E-state index is -0.636. The van der Waals surface area contributed by atoms with E-state index >= 15 is 0 Å². The summed E-state index contributed by atoms with van der Waals surface area (Å²) >= 11 is 10.4. The molecule has 0 aliphatic heterocycles. The minimum Gasteiger partial charge on any atom is -0.389 e. The zero-order valence-electron chi connectivity index (χ0n) is 10.2. The van der Waals surface area contributed by atoms with Crippen molar-refractivity contribution < 1.29 is 9.18 Å². The Kier molecular flexibility index (Phi) is 4.32. The Morgan fingerprint density at radius 2 is 1.75 bits per heavy atom. The van der Waals surface area contributed by atoms with Gasteiger partial charge in [-0.25, -0.2) is 4.39 Å². The Balaban J connectivity index is 2.14. The minimum absolute atomic E-state index is 0.0256. The number of amides is 1.